The molecule has 0 unspecified atom stereocenters. The van der Waals surface area contributed by atoms with E-state index in [1.165, 1.54) is 12.8 Å². The van der Waals surface area contributed by atoms with Crippen molar-refractivity contribution < 1.29 is 0 Å². The molecule has 2 aliphatic rings. The summed E-state index contributed by atoms with van der Waals surface area (Å²) in [6.07, 6.45) is 10.8. The van der Waals surface area contributed by atoms with Crippen molar-refractivity contribution in [3.8, 4) is 11.3 Å². The van der Waals surface area contributed by atoms with Gasteiger partial charge in [0.2, 0.25) is 0 Å². The molecule has 0 aliphatic carbocycles. The number of pyridine rings is 1. The lowest BCUT2D eigenvalue weighted by molar-refractivity contribution is 0.161. The Kier molecular flexibility index (Phi) is 5.40. The molecule has 0 saturated carbocycles. The third-order valence-electron chi connectivity index (χ3n) is 6.32. The van der Waals surface area contributed by atoms with Crippen LogP contribution < -0.4 is 5.56 Å². The van der Waals surface area contributed by atoms with Crippen molar-refractivity contribution in [2.45, 2.75) is 51.7 Å². The second kappa shape index (κ2) is 8.47. The first-order chi connectivity index (χ1) is 14.8. The fourth-order valence-electron chi connectivity index (χ4n) is 4.53. The zero-order valence-electron chi connectivity index (χ0n) is 17.2. The van der Waals surface area contributed by atoms with Crippen LogP contribution in [-0.2, 0) is 26.1 Å². The van der Waals surface area contributed by atoms with Gasteiger partial charge in [0, 0.05) is 43.5 Å². The van der Waals surface area contributed by atoms with Crippen molar-refractivity contribution in [2.75, 3.05) is 13.1 Å². The largest absolute Gasteiger partial charge is 0.314 e. The molecule has 8 nitrogen and oxygen atoms in total. The summed E-state index contributed by atoms with van der Waals surface area (Å²) in [6.45, 7) is 4.73. The molecule has 0 amide bonds. The summed E-state index contributed by atoms with van der Waals surface area (Å²) < 4.78 is 4.06. The normalized spacial score (nSPS) is 17.7. The van der Waals surface area contributed by atoms with E-state index >= 15 is 0 Å². The molecule has 3 aromatic rings. The zero-order chi connectivity index (χ0) is 20.3. The van der Waals surface area contributed by atoms with Crippen molar-refractivity contribution in [3.05, 3.63) is 58.9 Å². The van der Waals surface area contributed by atoms with Gasteiger partial charge < -0.3 is 4.57 Å². The number of hydrogen-bond acceptors (Lipinski definition) is 6. The van der Waals surface area contributed by atoms with Crippen LogP contribution in [0.3, 0.4) is 0 Å². The molecule has 0 radical (unpaired) electrons. The number of aryl methyl sites for hydroxylation is 1. The number of fused-ring (bicyclic) bond motifs is 1. The number of hydrogen-bond donors (Lipinski definition) is 0. The molecule has 0 aromatic carbocycles. The summed E-state index contributed by atoms with van der Waals surface area (Å²) in [6, 6.07) is 5.36. The molecule has 0 bridgehead atoms. The first-order valence-corrected chi connectivity index (χ1v) is 10.9. The SMILES string of the molecule is O=c1cc(-c2ccncc2)ncn1CC1CCN(Cc2nnc3n2CCCC3)CC1. The summed E-state index contributed by atoms with van der Waals surface area (Å²) in [5.41, 5.74) is 1.62. The van der Waals surface area contributed by atoms with Crippen LogP contribution in [0.5, 0.6) is 0 Å². The maximum atomic E-state index is 12.6. The number of piperidine rings is 1. The Morgan fingerprint density at radius 1 is 1.03 bits per heavy atom. The summed E-state index contributed by atoms with van der Waals surface area (Å²) in [5.74, 6) is 2.75. The van der Waals surface area contributed by atoms with Crippen LogP contribution in [0, 0.1) is 5.92 Å². The van der Waals surface area contributed by atoms with E-state index in [4.69, 9.17) is 0 Å². The highest BCUT2D eigenvalue weighted by Gasteiger charge is 2.23. The van der Waals surface area contributed by atoms with Crippen LogP contribution in [0.2, 0.25) is 0 Å². The minimum absolute atomic E-state index is 0.00864. The fourth-order valence-corrected chi connectivity index (χ4v) is 4.53. The summed E-state index contributed by atoms with van der Waals surface area (Å²) >= 11 is 0. The van der Waals surface area contributed by atoms with Crippen molar-refractivity contribution in [1.82, 2.24) is 34.2 Å². The summed E-state index contributed by atoms with van der Waals surface area (Å²) in [4.78, 5) is 23.5. The third-order valence-corrected chi connectivity index (χ3v) is 6.32. The van der Waals surface area contributed by atoms with Crippen LogP contribution in [-0.4, -0.2) is 47.3 Å². The molecule has 0 spiro atoms. The number of aromatic nitrogens is 6. The quantitative estimate of drug-likeness (QED) is 0.647. The molecule has 8 heteroatoms. The Morgan fingerprint density at radius 3 is 2.67 bits per heavy atom. The minimum atomic E-state index is 0.00864. The second-order valence-corrected chi connectivity index (χ2v) is 8.36. The predicted molar refractivity (Wildman–Crippen MR) is 113 cm³/mol. The Morgan fingerprint density at radius 2 is 1.87 bits per heavy atom. The Bertz CT molecular complexity index is 1050. The smallest absolute Gasteiger partial charge is 0.253 e. The average Bonchev–Trinajstić information content (AvgIpc) is 3.20. The molecule has 0 atom stereocenters. The number of rotatable bonds is 5. The van der Waals surface area contributed by atoms with E-state index in [9.17, 15) is 4.79 Å². The lowest BCUT2D eigenvalue weighted by atomic mass is 9.96. The van der Waals surface area contributed by atoms with Gasteiger partial charge in [0.05, 0.1) is 18.6 Å². The molecule has 1 fully saturated rings. The summed E-state index contributed by atoms with van der Waals surface area (Å²) in [7, 11) is 0. The highest BCUT2D eigenvalue weighted by atomic mass is 16.1. The molecule has 2 aliphatic heterocycles. The van der Waals surface area contributed by atoms with Crippen molar-refractivity contribution in [1.29, 1.82) is 0 Å². The molecule has 5 rings (SSSR count). The van der Waals surface area contributed by atoms with Crippen molar-refractivity contribution in [2.24, 2.45) is 5.92 Å². The average molecular weight is 406 g/mol. The van der Waals surface area contributed by atoms with E-state index in [-0.39, 0.29) is 5.56 Å². The monoisotopic (exact) mass is 405 g/mol. The second-order valence-electron chi connectivity index (χ2n) is 8.36. The highest BCUT2D eigenvalue weighted by molar-refractivity contribution is 5.57. The minimum Gasteiger partial charge on any atom is -0.314 e. The lowest BCUT2D eigenvalue weighted by Gasteiger charge is -2.32. The van der Waals surface area contributed by atoms with E-state index in [0.29, 0.717) is 11.6 Å². The van der Waals surface area contributed by atoms with Crippen LogP contribution in [0.1, 0.15) is 37.3 Å². The van der Waals surface area contributed by atoms with Crippen molar-refractivity contribution >= 4 is 0 Å². The summed E-state index contributed by atoms with van der Waals surface area (Å²) in [5, 5.41) is 8.81. The van der Waals surface area contributed by atoms with E-state index < -0.39 is 0 Å². The van der Waals surface area contributed by atoms with E-state index in [1.54, 1.807) is 29.4 Å². The maximum absolute atomic E-state index is 12.6. The van der Waals surface area contributed by atoms with Gasteiger partial charge in [-0.3, -0.25) is 19.2 Å². The third kappa shape index (κ3) is 4.05. The molecule has 1 saturated heterocycles. The van der Waals surface area contributed by atoms with Gasteiger partial charge in [-0.05, 0) is 56.8 Å². The lowest BCUT2D eigenvalue weighted by Crippen LogP contribution is -2.36. The molecular weight excluding hydrogens is 378 g/mol. The Balaban J connectivity index is 1.18. The van der Waals surface area contributed by atoms with Gasteiger partial charge in [0.15, 0.2) is 0 Å². The molecular formula is C22H27N7O. The Labute approximate surface area is 175 Å². The first kappa shape index (κ1) is 19.1. The standard InChI is InChI=1S/C22H27N7O/c30-22-13-19(18-4-8-23-9-5-18)24-16-28(22)14-17-6-11-27(12-7-17)15-21-26-25-20-3-1-2-10-29(20)21/h4-5,8-9,13,16-17H,1-3,6-7,10-12,14-15H2. The Hall–Kier alpha value is -2.87. The van der Waals surface area contributed by atoms with Crippen molar-refractivity contribution in [3.63, 3.8) is 0 Å². The van der Waals surface area contributed by atoms with Crippen LogP contribution in [0.15, 0.2) is 41.7 Å². The van der Waals surface area contributed by atoms with Crippen LogP contribution in [0.4, 0.5) is 0 Å². The van der Waals surface area contributed by atoms with Gasteiger partial charge in [-0.15, -0.1) is 10.2 Å². The van der Waals surface area contributed by atoms with Gasteiger partial charge in [-0.25, -0.2) is 4.98 Å². The van der Waals surface area contributed by atoms with Gasteiger partial charge in [0.25, 0.3) is 5.56 Å². The molecule has 3 aromatic heterocycles. The predicted octanol–water partition coefficient (Wildman–Crippen LogP) is 2.15. The fraction of sp³-hybridized carbons (Fsp3) is 0.500. The van der Waals surface area contributed by atoms with E-state index in [0.717, 1.165) is 69.2 Å². The number of likely N-dealkylation sites (tertiary alicyclic amines) is 1. The van der Waals surface area contributed by atoms with E-state index in [2.05, 4.69) is 29.6 Å². The van der Waals surface area contributed by atoms with Gasteiger partial charge in [-0.1, -0.05) is 0 Å². The van der Waals surface area contributed by atoms with E-state index in [1.807, 2.05) is 12.1 Å². The van der Waals surface area contributed by atoms with Gasteiger partial charge >= 0.3 is 0 Å². The molecule has 5 heterocycles. The topological polar surface area (TPSA) is 81.7 Å². The van der Waals surface area contributed by atoms with Gasteiger partial charge in [-0.2, -0.15) is 0 Å². The first-order valence-electron chi connectivity index (χ1n) is 10.9. The zero-order valence-corrected chi connectivity index (χ0v) is 17.2. The van der Waals surface area contributed by atoms with Gasteiger partial charge in [0.1, 0.15) is 11.6 Å². The highest BCUT2D eigenvalue weighted by Crippen LogP contribution is 2.22. The molecule has 0 N–H and O–H groups in total. The number of nitrogens with zero attached hydrogens (tertiary/aromatic N) is 7. The van der Waals surface area contributed by atoms with Crippen LogP contribution >= 0.6 is 0 Å². The van der Waals surface area contributed by atoms with Crippen LogP contribution in [0.25, 0.3) is 11.3 Å². The molecule has 30 heavy (non-hydrogen) atoms. The maximum Gasteiger partial charge on any atom is 0.253 e. The molecule has 156 valence electrons.